The van der Waals surface area contributed by atoms with Crippen LogP contribution in [-0.2, 0) is 16.0 Å². The number of fused-ring (bicyclic) bond motifs is 1. The molecule has 144 valence electrons. The van der Waals surface area contributed by atoms with Crippen molar-refractivity contribution in [3.8, 4) is 5.75 Å². The molecule has 1 fully saturated rings. The number of amides is 1. The van der Waals surface area contributed by atoms with Gasteiger partial charge >= 0.3 is 5.97 Å². The Kier molecular flexibility index (Phi) is 5.05. The van der Waals surface area contributed by atoms with Gasteiger partial charge in [-0.1, -0.05) is 23.2 Å². The Morgan fingerprint density at radius 1 is 1.18 bits per heavy atom. The number of carbonyl (C=O) groups is 2. The molecule has 1 saturated heterocycles. The van der Waals surface area contributed by atoms with Crippen molar-refractivity contribution in [2.45, 2.75) is 19.3 Å². The van der Waals surface area contributed by atoms with E-state index in [1.165, 1.54) is 6.07 Å². The highest BCUT2D eigenvalue weighted by Crippen LogP contribution is 2.29. The number of hydrogen-bond acceptors (Lipinski definition) is 4. The minimum absolute atomic E-state index is 0.110. The van der Waals surface area contributed by atoms with E-state index in [-0.39, 0.29) is 23.3 Å². The van der Waals surface area contributed by atoms with Crippen LogP contribution in [0, 0.1) is 5.82 Å². The molecule has 2 aromatic rings. The third-order valence-electron chi connectivity index (χ3n) is 4.90. The Labute approximate surface area is 166 Å². The van der Waals surface area contributed by atoms with Gasteiger partial charge in [0, 0.05) is 42.2 Å². The molecule has 2 aliphatic heterocycles. The largest absolute Gasteiger partial charge is 0.426 e. The third kappa shape index (κ3) is 4.02. The Morgan fingerprint density at radius 3 is 2.71 bits per heavy atom. The van der Waals surface area contributed by atoms with E-state index in [2.05, 4.69) is 10.2 Å². The van der Waals surface area contributed by atoms with Crippen LogP contribution in [0.4, 0.5) is 15.8 Å². The number of ether oxygens (including phenoxy) is 1. The number of rotatable bonds is 3. The molecule has 0 radical (unpaired) electrons. The second-order valence-corrected chi connectivity index (χ2v) is 7.26. The molecule has 1 amide bonds. The maximum Gasteiger partial charge on any atom is 0.315 e. The van der Waals surface area contributed by atoms with Crippen molar-refractivity contribution in [2.24, 2.45) is 0 Å². The van der Waals surface area contributed by atoms with Crippen LogP contribution in [0.3, 0.4) is 0 Å². The zero-order valence-electron chi connectivity index (χ0n) is 15.0. The summed E-state index contributed by atoms with van der Waals surface area (Å²) >= 11 is 5.73. The van der Waals surface area contributed by atoms with Gasteiger partial charge in [-0.2, -0.15) is 0 Å². The Balaban J connectivity index is 1.35. The van der Waals surface area contributed by atoms with E-state index in [9.17, 15) is 14.0 Å². The normalized spacial score (nSPS) is 15.9. The molecule has 0 aliphatic carbocycles. The number of halogens is 2. The van der Waals surface area contributed by atoms with Crippen LogP contribution in [-0.4, -0.2) is 25.0 Å². The predicted octanol–water partition coefficient (Wildman–Crippen LogP) is 4.11. The molecule has 0 bridgehead atoms. The Morgan fingerprint density at radius 2 is 1.96 bits per heavy atom. The Bertz CT molecular complexity index is 980. The smallest absolute Gasteiger partial charge is 0.315 e. The van der Waals surface area contributed by atoms with Gasteiger partial charge in [0.15, 0.2) is 0 Å². The van der Waals surface area contributed by atoms with Crippen molar-refractivity contribution >= 4 is 34.9 Å². The molecule has 2 aliphatic rings. The second-order valence-electron chi connectivity index (χ2n) is 6.85. The number of anilines is 2. The van der Waals surface area contributed by atoms with Crippen molar-refractivity contribution < 1.29 is 18.7 Å². The van der Waals surface area contributed by atoms with E-state index in [0.717, 1.165) is 29.7 Å². The minimum atomic E-state index is -0.431. The Hall–Kier alpha value is -2.86. The molecule has 7 heteroatoms. The van der Waals surface area contributed by atoms with Gasteiger partial charge < -0.3 is 15.0 Å². The fraction of sp³-hybridized carbons (Fsp3) is 0.238. The predicted molar refractivity (Wildman–Crippen MR) is 105 cm³/mol. The first kappa shape index (κ1) is 18.5. The quantitative estimate of drug-likeness (QED) is 0.478. The van der Waals surface area contributed by atoms with E-state index in [4.69, 9.17) is 16.3 Å². The molecule has 2 aromatic carbocycles. The van der Waals surface area contributed by atoms with Gasteiger partial charge in [0.2, 0.25) is 5.91 Å². The summed E-state index contributed by atoms with van der Waals surface area (Å²) < 4.78 is 18.7. The summed E-state index contributed by atoms with van der Waals surface area (Å²) in [6.07, 6.45) is 3.32. The topological polar surface area (TPSA) is 58.6 Å². The highest BCUT2D eigenvalue weighted by Gasteiger charge is 2.21. The third-order valence-corrected chi connectivity index (χ3v) is 5.21. The lowest BCUT2D eigenvalue weighted by Gasteiger charge is -2.30. The van der Waals surface area contributed by atoms with Crippen LogP contribution < -0.4 is 15.0 Å². The maximum atomic E-state index is 13.6. The molecule has 28 heavy (non-hydrogen) atoms. The number of carbonyl (C=O) groups excluding carboxylic acids is 2. The minimum Gasteiger partial charge on any atom is -0.426 e. The zero-order valence-corrected chi connectivity index (χ0v) is 15.8. The SMILES string of the molecule is O=C(C=C1CCN(c2ccc(Cl)c(F)c2)CC1)Nc1ccc2c(c1)OC(=O)C2. The molecular formula is C21H18ClFN2O3. The first-order valence-electron chi connectivity index (χ1n) is 9.02. The molecule has 1 N–H and O–H groups in total. The molecule has 0 saturated carbocycles. The number of piperidine rings is 1. The van der Waals surface area contributed by atoms with E-state index in [1.807, 2.05) is 0 Å². The van der Waals surface area contributed by atoms with Gasteiger partial charge in [-0.25, -0.2) is 4.39 Å². The summed E-state index contributed by atoms with van der Waals surface area (Å²) in [5, 5.41) is 2.92. The summed E-state index contributed by atoms with van der Waals surface area (Å²) in [6.45, 7) is 1.41. The lowest BCUT2D eigenvalue weighted by molar-refractivity contribution is -0.131. The van der Waals surface area contributed by atoms with E-state index in [0.29, 0.717) is 24.5 Å². The standard InChI is InChI=1S/C21H18ClFN2O3/c22-17-4-3-16(12-18(17)23)25-7-5-13(6-8-25)9-20(26)24-15-2-1-14-10-21(27)28-19(14)11-15/h1-4,9,11-12H,5-8,10H2,(H,24,26). The second kappa shape index (κ2) is 7.64. The van der Waals surface area contributed by atoms with Gasteiger partial charge in [-0.05, 0) is 37.1 Å². The molecule has 0 spiro atoms. The van der Waals surface area contributed by atoms with Crippen molar-refractivity contribution in [1.82, 2.24) is 0 Å². The first-order valence-corrected chi connectivity index (χ1v) is 9.40. The van der Waals surface area contributed by atoms with E-state index in [1.54, 1.807) is 36.4 Å². The number of nitrogens with one attached hydrogen (secondary N) is 1. The number of hydrogen-bond donors (Lipinski definition) is 1. The molecular weight excluding hydrogens is 383 g/mol. The summed E-state index contributed by atoms with van der Waals surface area (Å²) in [4.78, 5) is 25.7. The fourth-order valence-corrected chi connectivity index (χ4v) is 3.55. The lowest BCUT2D eigenvalue weighted by Crippen LogP contribution is -2.31. The van der Waals surface area contributed by atoms with Crippen molar-refractivity contribution in [1.29, 1.82) is 0 Å². The average Bonchev–Trinajstić information content (AvgIpc) is 3.04. The van der Waals surface area contributed by atoms with Crippen LogP contribution in [0.1, 0.15) is 18.4 Å². The highest BCUT2D eigenvalue weighted by molar-refractivity contribution is 6.30. The van der Waals surface area contributed by atoms with E-state index < -0.39 is 5.82 Å². The van der Waals surface area contributed by atoms with Gasteiger partial charge in [-0.3, -0.25) is 9.59 Å². The van der Waals surface area contributed by atoms with Gasteiger partial charge in [0.25, 0.3) is 0 Å². The molecule has 5 nitrogen and oxygen atoms in total. The molecule has 4 rings (SSSR count). The van der Waals surface area contributed by atoms with Crippen LogP contribution >= 0.6 is 11.6 Å². The molecule has 0 atom stereocenters. The zero-order chi connectivity index (χ0) is 19.7. The van der Waals surface area contributed by atoms with E-state index >= 15 is 0 Å². The summed E-state index contributed by atoms with van der Waals surface area (Å²) in [5.41, 5.74) is 3.24. The monoisotopic (exact) mass is 400 g/mol. The van der Waals surface area contributed by atoms with Crippen molar-refractivity contribution in [2.75, 3.05) is 23.3 Å². The van der Waals surface area contributed by atoms with Crippen LogP contribution in [0.2, 0.25) is 5.02 Å². The van der Waals surface area contributed by atoms with Gasteiger partial charge in [0.05, 0.1) is 11.4 Å². The summed E-state index contributed by atoms with van der Waals surface area (Å²) in [6, 6.07) is 9.99. The van der Waals surface area contributed by atoms with Crippen LogP contribution in [0.5, 0.6) is 5.75 Å². The fourth-order valence-electron chi connectivity index (χ4n) is 3.43. The van der Waals surface area contributed by atoms with Crippen LogP contribution in [0.25, 0.3) is 0 Å². The first-order chi connectivity index (χ1) is 13.5. The van der Waals surface area contributed by atoms with Gasteiger partial charge in [-0.15, -0.1) is 0 Å². The van der Waals surface area contributed by atoms with Gasteiger partial charge in [0.1, 0.15) is 11.6 Å². The number of benzene rings is 2. The summed E-state index contributed by atoms with van der Waals surface area (Å²) in [5.74, 6) is -0.433. The molecule has 2 heterocycles. The average molecular weight is 401 g/mol. The summed E-state index contributed by atoms with van der Waals surface area (Å²) in [7, 11) is 0. The van der Waals surface area contributed by atoms with Crippen LogP contribution in [0.15, 0.2) is 48.0 Å². The number of esters is 1. The molecule has 0 unspecified atom stereocenters. The lowest BCUT2D eigenvalue weighted by atomic mass is 10.0. The van der Waals surface area contributed by atoms with Crippen molar-refractivity contribution in [3.05, 3.63) is 64.5 Å². The highest BCUT2D eigenvalue weighted by atomic mass is 35.5. The maximum absolute atomic E-state index is 13.6. The molecule has 0 aromatic heterocycles. The van der Waals surface area contributed by atoms with Crippen molar-refractivity contribution in [3.63, 3.8) is 0 Å². The number of nitrogens with zero attached hydrogens (tertiary/aromatic N) is 1.